The van der Waals surface area contributed by atoms with Crippen LogP contribution in [0.25, 0.3) is 0 Å². The number of rotatable bonds is 5. The summed E-state index contributed by atoms with van der Waals surface area (Å²) in [5.74, 6) is 0. The third kappa shape index (κ3) is 7.50. The summed E-state index contributed by atoms with van der Waals surface area (Å²) in [7, 11) is 0. The highest BCUT2D eigenvalue weighted by Crippen LogP contribution is 2.06. The molecule has 0 aromatic rings. The number of alkyl carbamates (subject to hydrolysis) is 1. The molecule has 106 valence electrons. The average molecular weight is 257 g/mol. The van der Waals surface area contributed by atoms with Crippen molar-refractivity contribution in [1.82, 2.24) is 15.8 Å². The molecule has 0 bridgehead atoms. The highest BCUT2D eigenvalue weighted by atomic mass is 16.6. The van der Waals surface area contributed by atoms with Crippen molar-refractivity contribution in [2.45, 2.75) is 52.1 Å². The van der Waals surface area contributed by atoms with E-state index in [0.717, 1.165) is 26.1 Å². The SMILES string of the molecule is CC(C)(C)OC(=O)NCCCNN1CCCCC1. The van der Waals surface area contributed by atoms with Gasteiger partial charge < -0.3 is 10.1 Å². The molecule has 0 radical (unpaired) electrons. The van der Waals surface area contributed by atoms with Crippen molar-refractivity contribution < 1.29 is 9.53 Å². The molecule has 0 saturated carbocycles. The van der Waals surface area contributed by atoms with Crippen LogP contribution in [-0.4, -0.2) is 42.9 Å². The zero-order chi connectivity index (χ0) is 13.4. The van der Waals surface area contributed by atoms with Crippen molar-refractivity contribution in [2.24, 2.45) is 0 Å². The molecule has 0 atom stereocenters. The van der Waals surface area contributed by atoms with Crippen LogP contribution in [0, 0.1) is 0 Å². The number of hydrogen-bond acceptors (Lipinski definition) is 4. The molecule has 5 heteroatoms. The van der Waals surface area contributed by atoms with E-state index in [-0.39, 0.29) is 6.09 Å². The molecule has 0 aromatic heterocycles. The lowest BCUT2D eigenvalue weighted by Crippen LogP contribution is -2.42. The fourth-order valence-corrected chi connectivity index (χ4v) is 1.88. The summed E-state index contributed by atoms with van der Waals surface area (Å²) >= 11 is 0. The van der Waals surface area contributed by atoms with Gasteiger partial charge in [-0.1, -0.05) is 6.42 Å². The molecule has 1 fully saturated rings. The van der Waals surface area contributed by atoms with Crippen LogP contribution in [0.2, 0.25) is 0 Å². The van der Waals surface area contributed by atoms with Crippen LogP contribution in [0.1, 0.15) is 46.5 Å². The molecule has 5 nitrogen and oxygen atoms in total. The molecular weight excluding hydrogens is 230 g/mol. The summed E-state index contributed by atoms with van der Waals surface area (Å²) in [5.41, 5.74) is 2.96. The first-order valence-corrected chi connectivity index (χ1v) is 6.93. The highest BCUT2D eigenvalue weighted by molar-refractivity contribution is 5.67. The van der Waals surface area contributed by atoms with E-state index in [4.69, 9.17) is 4.74 Å². The topological polar surface area (TPSA) is 53.6 Å². The zero-order valence-electron chi connectivity index (χ0n) is 11.9. The van der Waals surface area contributed by atoms with E-state index < -0.39 is 5.60 Å². The van der Waals surface area contributed by atoms with Gasteiger partial charge in [0.05, 0.1) is 0 Å². The lowest BCUT2D eigenvalue weighted by molar-refractivity contribution is 0.0526. The standard InChI is InChI=1S/C13H27N3O2/c1-13(2,3)18-12(17)14-8-7-9-15-16-10-5-4-6-11-16/h15H,4-11H2,1-3H3,(H,14,17). The van der Waals surface area contributed by atoms with Crippen LogP contribution in [0.3, 0.4) is 0 Å². The Hall–Kier alpha value is -0.810. The number of nitrogens with one attached hydrogen (secondary N) is 2. The third-order valence-corrected chi connectivity index (χ3v) is 2.71. The molecule has 0 aliphatic carbocycles. The second-order valence-electron chi connectivity index (χ2n) is 5.74. The van der Waals surface area contributed by atoms with E-state index in [0.29, 0.717) is 6.54 Å². The Balaban J connectivity index is 1.96. The van der Waals surface area contributed by atoms with E-state index in [2.05, 4.69) is 15.8 Å². The van der Waals surface area contributed by atoms with E-state index >= 15 is 0 Å². The lowest BCUT2D eigenvalue weighted by Gasteiger charge is -2.27. The maximum Gasteiger partial charge on any atom is 0.407 e. The normalized spacial score (nSPS) is 17.5. The summed E-state index contributed by atoms with van der Waals surface area (Å²) in [4.78, 5) is 11.4. The van der Waals surface area contributed by atoms with Gasteiger partial charge >= 0.3 is 6.09 Å². The lowest BCUT2D eigenvalue weighted by atomic mass is 10.2. The molecule has 1 aliphatic heterocycles. The molecular formula is C13H27N3O2. The molecule has 1 saturated heterocycles. The number of hydrogen-bond donors (Lipinski definition) is 2. The van der Waals surface area contributed by atoms with Gasteiger partial charge in [-0.2, -0.15) is 0 Å². The summed E-state index contributed by atoms with van der Waals surface area (Å²) < 4.78 is 5.15. The summed E-state index contributed by atoms with van der Waals surface area (Å²) in [6.45, 7) is 9.42. The van der Waals surface area contributed by atoms with E-state index in [1.807, 2.05) is 20.8 Å². The van der Waals surface area contributed by atoms with Crippen LogP contribution in [0.15, 0.2) is 0 Å². The van der Waals surface area contributed by atoms with Crippen LogP contribution in [0.4, 0.5) is 4.79 Å². The first kappa shape index (κ1) is 15.2. The second-order valence-corrected chi connectivity index (χ2v) is 5.74. The Kier molecular flexibility index (Phi) is 6.43. The smallest absolute Gasteiger partial charge is 0.407 e. The van der Waals surface area contributed by atoms with E-state index in [9.17, 15) is 4.79 Å². The Bertz CT molecular complexity index is 245. The van der Waals surface area contributed by atoms with Gasteiger partial charge in [-0.15, -0.1) is 0 Å². The molecule has 2 N–H and O–H groups in total. The molecule has 1 aliphatic rings. The Morgan fingerprint density at radius 3 is 2.44 bits per heavy atom. The summed E-state index contributed by atoms with van der Waals surface area (Å²) in [6.07, 6.45) is 4.49. The zero-order valence-corrected chi connectivity index (χ0v) is 11.9. The van der Waals surface area contributed by atoms with Gasteiger partial charge in [0.1, 0.15) is 5.60 Å². The highest BCUT2D eigenvalue weighted by Gasteiger charge is 2.15. The maximum absolute atomic E-state index is 11.4. The first-order chi connectivity index (χ1) is 8.47. The van der Waals surface area contributed by atoms with Crippen LogP contribution < -0.4 is 10.7 Å². The van der Waals surface area contributed by atoms with Gasteiger partial charge in [0.15, 0.2) is 0 Å². The van der Waals surface area contributed by atoms with Crippen molar-refractivity contribution in [3.63, 3.8) is 0 Å². The molecule has 1 rings (SSSR count). The maximum atomic E-state index is 11.4. The predicted molar refractivity (Wildman–Crippen MR) is 72.3 cm³/mol. The minimum absolute atomic E-state index is 0.333. The van der Waals surface area contributed by atoms with Crippen LogP contribution >= 0.6 is 0 Å². The third-order valence-electron chi connectivity index (χ3n) is 2.71. The Labute approximate surface area is 110 Å². The minimum atomic E-state index is -0.421. The van der Waals surface area contributed by atoms with Crippen LogP contribution in [0.5, 0.6) is 0 Å². The number of piperidine rings is 1. The second kappa shape index (κ2) is 7.59. The fraction of sp³-hybridized carbons (Fsp3) is 0.923. The van der Waals surface area contributed by atoms with Gasteiger partial charge in [-0.3, -0.25) is 5.43 Å². The van der Waals surface area contributed by atoms with Crippen molar-refractivity contribution in [1.29, 1.82) is 0 Å². The van der Waals surface area contributed by atoms with E-state index in [1.54, 1.807) is 0 Å². The fourth-order valence-electron chi connectivity index (χ4n) is 1.88. The molecule has 18 heavy (non-hydrogen) atoms. The molecule has 1 amide bonds. The summed E-state index contributed by atoms with van der Waals surface area (Å²) in [5, 5.41) is 5.03. The van der Waals surface area contributed by atoms with Crippen molar-refractivity contribution >= 4 is 6.09 Å². The van der Waals surface area contributed by atoms with Gasteiger partial charge in [0.25, 0.3) is 0 Å². The van der Waals surface area contributed by atoms with Crippen molar-refractivity contribution in [3.05, 3.63) is 0 Å². The van der Waals surface area contributed by atoms with Gasteiger partial charge in [-0.05, 0) is 40.0 Å². The Morgan fingerprint density at radius 2 is 1.83 bits per heavy atom. The Morgan fingerprint density at radius 1 is 1.17 bits per heavy atom. The number of nitrogens with zero attached hydrogens (tertiary/aromatic N) is 1. The van der Waals surface area contributed by atoms with Gasteiger partial charge in [0, 0.05) is 26.2 Å². The molecule has 1 heterocycles. The monoisotopic (exact) mass is 257 g/mol. The summed E-state index contributed by atoms with van der Waals surface area (Å²) in [6, 6.07) is 0. The number of ether oxygens (including phenoxy) is 1. The molecule has 0 unspecified atom stereocenters. The number of amides is 1. The minimum Gasteiger partial charge on any atom is -0.444 e. The number of carbonyl (C=O) groups excluding carboxylic acids is 1. The van der Waals surface area contributed by atoms with Gasteiger partial charge in [-0.25, -0.2) is 9.80 Å². The van der Waals surface area contributed by atoms with Gasteiger partial charge in [0.2, 0.25) is 0 Å². The van der Waals surface area contributed by atoms with Crippen molar-refractivity contribution in [2.75, 3.05) is 26.2 Å². The predicted octanol–water partition coefficient (Wildman–Crippen LogP) is 1.89. The average Bonchev–Trinajstić information content (AvgIpc) is 2.27. The number of carbonyl (C=O) groups is 1. The van der Waals surface area contributed by atoms with Crippen molar-refractivity contribution in [3.8, 4) is 0 Å². The largest absolute Gasteiger partial charge is 0.444 e. The number of hydrazine groups is 1. The first-order valence-electron chi connectivity index (χ1n) is 6.93. The quantitative estimate of drug-likeness (QED) is 0.739. The molecule has 0 aromatic carbocycles. The van der Waals surface area contributed by atoms with Crippen LogP contribution in [-0.2, 0) is 4.74 Å². The van der Waals surface area contributed by atoms with E-state index in [1.165, 1.54) is 19.3 Å². The molecule has 0 spiro atoms.